The molecular formula is C18H12N2O2. The van der Waals surface area contributed by atoms with Gasteiger partial charge < -0.3 is 9.67 Å². The van der Waals surface area contributed by atoms with Gasteiger partial charge in [-0.2, -0.15) is 0 Å². The summed E-state index contributed by atoms with van der Waals surface area (Å²) in [6.45, 7) is 0. The Balaban J connectivity index is 2.15. The van der Waals surface area contributed by atoms with Crippen LogP contribution in [0.25, 0.3) is 5.69 Å². The molecule has 0 radical (unpaired) electrons. The summed E-state index contributed by atoms with van der Waals surface area (Å²) in [5, 5.41) is 9.39. The number of nitrogens with zero attached hydrogens (tertiary/aromatic N) is 2. The highest BCUT2D eigenvalue weighted by Gasteiger charge is 2.14. The fourth-order valence-electron chi connectivity index (χ4n) is 2.15. The molecule has 0 saturated carbocycles. The molecule has 0 aliphatic carbocycles. The largest absolute Gasteiger partial charge is 0.478 e. The summed E-state index contributed by atoms with van der Waals surface area (Å²) >= 11 is 0. The standard InChI is InChI=1S/C18H12N2O2/c21-18(22)16-8-4-7-15(17(16)20-12-11-19-13-20)10-9-14-5-2-1-3-6-14/h1-8,11-13H,(H,21,22). The quantitative estimate of drug-likeness (QED) is 0.738. The van der Waals surface area contributed by atoms with E-state index in [9.17, 15) is 9.90 Å². The van der Waals surface area contributed by atoms with E-state index in [0.717, 1.165) is 5.56 Å². The number of benzene rings is 2. The second-order valence-corrected chi connectivity index (χ2v) is 4.59. The van der Waals surface area contributed by atoms with Crippen LogP contribution in [-0.4, -0.2) is 20.6 Å². The molecule has 0 atom stereocenters. The number of aromatic carboxylic acids is 1. The molecule has 0 aliphatic rings. The van der Waals surface area contributed by atoms with E-state index in [1.165, 1.54) is 0 Å². The lowest BCUT2D eigenvalue weighted by molar-refractivity contribution is 0.0697. The Labute approximate surface area is 127 Å². The maximum atomic E-state index is 11.5. The van der Waals surface area contributed by atoms with Crippen molar-refractivity contribution in [3.05, 3.63) is 83.9 Å². The number of para-hydroxylation sites is 1. The van der Waals surface area contributed by atoms with E-state index < -0.39 is 5.97 Å². The van der Waals surface area contributed by atoms with Gasteiger partial charge in [-0.3, -0.25) is 0 Å². The second kappa shape index (κ2) is 5.98. The van der Waals surface area contributed by atoms with Crippen LogP contribution in [0.1, 0.15) is 21.5 Å². The number of aromatic nitrogens is 2. The Bertz CT molecular complexity index is 857. The van der Waals surface area contributed by atoms with Gasteiger partial charge in [-0.1, -0.05) is 36.1 Å². The van der Waals surface area contributed by atoms with Gasteiger partial charge in [-0.15, -0.1) is 0 Å². The number of hydrogen-bond acceptors (Lipinski definition) is 2. The van der Waals surface area contributed by atoms with Crippen molar-refractivity contribution in [2.45, 2.75) is 0 Å². The monoisotopic (exact) mass is 288 g/mol. The Morgan fingerprint density at radius 2 is 1.86 bits per heavy atom. The zero-order valence-electron chi connectivity index (χ0n) is 11.6. The molecule has 0 unspecified atom stereocenters. The van der Waals surface area contributed by atoms with Gasteiger partial charge >= 0.3 is 5.97 Å². The summed E-state index contributed by atoms with van der Waals surface area (Å²) < 4.78 is 1.67. The van der Waals surface area contributed by atoms with Crippen molar-refractivity contribution in [3.63, 3.8) is 0 Å². The molecule has 1 N–H and O–H groups in total. The molecule has 2 aromatic carbocycles. The fraction of sp³-hybridized carbons (Fsp3) is 0. The van der Waals surface area contributed by atoms with Gasteiger partial charge in [-0.25, -0.2) is 9.78 Å². The summed E-state index contributed by atoms with van der Waals surface area (Å²) in [5.41, 5.74) is 2.23. The zero-order chi connectivity index (χ0) is 15.4. The highest BCUT2D eigenvalue weighted by molar-refractivity contribution is 5.93. The number of carboxylic acid groups (broad SMARTS) is 1. The van der Waals surface area contributed by atoms with Crippen LogP contribution in [-0.2, 0) is 0 Å². The number of carbonyl (C=O) groups is 1. The van der Waals surface area contributed by atoms with E-state index >= 15 is 0 Å². The predicted octanol–water partition coefficient (Wildman–Crippen LogP) is 2.97. The van der Waals surface area contributed by atoms with E-state index in [1.54, 1.807) is 41.5 Å². The average Bonchev–Trinajstić information content (AvgIpc) is 3.07. The summed E-state index contributed by atoms with van der Waals surface area (Å²) in [5.74, 6) is 5.11. The second-order valence-electron chi connectivity index (χ2n) is 4.59. The van der Waals surface area contributed by atoms with Crippen molar-refractivity contribution in [3.8, 4) is 17.5 Å². The lowest BCUT2D eigenvalue weighted by atomic mass is 10.1. The Morgan fingerprint density at radius 3 is 2.55 bits per heavy atom. The van der Waals surface area contributed by atoms with Gasteiger partial charge in [0.1, 0.15) is 0 Å². The van der Waals surface area contributed by atoms with Crippen LogP contribution < -0.4 is 0 Å². The summed E-state index contributed by atoms with van der Waals surface area (Å²) in [6, 6.07) is 14.6. The summed E-state index contributed by atoms with van der Waals surface area (Å²) in [4.78, 5) is 15.4. The predicted molar refractivity (Wildman–Crippen MR) is 82.9 cm³/mol. The molecule has 0 saturated heterocycles. The maximum Gasteiger partial charge on any atom is 0.337 e. The molecule has 0 bridgehead atoms. The van der Waals surface area contributed by atoms with Gasteiger partial charge in [0, 0.05) is 23.5 Å². The van der Waals surface area contributed by atoms with E-state index in [0.29, 0.717) is 11.3 Å². The van der Waals surface area contributed by atoms with Crippen LogP contribution in [0, 0.1) is 11.8 Å². The molecule has 22 heavy (non-hydrogen) atoms. The van der Waals surface area contributed by atoms with Crippen LogP contribution in [0.15, 0.2) is 67.3 Å². The number of hydrogen-bond donors (Lipinski definition) is 1. The van der Waals surface area contributed by atoms with Crippen LogP contribution >= 0.6 is 0 Å². The van der Waals surface area contributed by atoms with Crippen molar-refractivity contribution < 1.29 is 9.90 Å². The van der Waals surface area contributed by atoms with Gasteiger partial charge in [0.2, 0.25) is 0 Å². The first-order valence-corrected chi connectivity index (χ1v) is 6.67. The zero-order valence-corrected chi connectivity index (χ0v) is 11.6. The minimum atomic E-state index is -0.993. The molecule has 3 aromatic rings. The van der Waals surface area contributed by atoms with Crippen LogP contribution in [0.5, 0.6) is 0 Å². The molecule has 0 fully saturated rings. The maximum absolute atomic E-state index is 11.5. The lowest BCUT2D eigenvalue weighted by Crippen LogP contribution is -2.06. The topological polar surface area (TPSA) is 55.1 Å². The van der Waals surface area contributed by atoms with Gasteiger partial charge in [0.15, 0.2) is 0 Å². The van der Waals surface area contributed by atoms with Gasteiger partial charge in [0.25, 0.3) is 0 Å². The normalized spacial score (nSPS) is 9.82. The smallest absolute Gasteiger partial charge is 0.337 e. The molecule has 0 amide bonds. The third kappa shape index (κ3) is 2.74. The minimum Gasteiger partial charge on any atom is -0.478 e. The first kappa shape index (κ1) is 13.7. The number of rotatable bonds is 2. The van der Waals surface area contributed by atoms with Crippen molar-refractivity contribution >= 4 is 5.97 Å². The Morgan fingerprint density at radius 1 is 1.05 bits per heavy atom. The van der Waals surface area contributed by atoms with Crippen molar-refractivity contribution in [1.82, 2.24) is 9.55 Å². The third-order valence-corrected chi connectivity index (χ3v) is 3.14. The molecule has 0 aliphatic heterocycles. The summed E-state index contributed by atoms with van der Waals surface area (Å²) in [7, 11) is 0. The van der Waals surface area contributed by atoms with Crippen LogP contribution in [0.2, 0.25) is 0 Å². The third-order valence-electron chi connectivity index (χ3n) is 3.14. The van der Waals surface area contributed by atoms with E-state index in [4.69, 9.17) is 0 Å². The van der Waals surface area contributed by atoms with Gasteiger partial charge in [-0.05, 0) is 24.3 Å². The molecule has 4 heteroatoms. The van der Waals surface area contributed by atoms with Crippen molar-refractivity contribution in [1.29, 1.82) is 0 Å². The summed E-state index contributed by atoms with van der Waals surface area (Å²) in [6.07, 6.45) is 4.87. The molecule has 0 spiro atoms. The minimum absolute atomic E-state index is 0.192. The number of imidazole rings is 1. The molecule has 106 valence electrons. The molecule has 3 rings (SSSR count). The first-order valence-electron chi connectivity index (χ1n) is 6.67. The molecule has 4 nitrogen and oxygen atoms in total. The highest BCUT2D eigenvalue weighted by atomic mass is 16.4. The number of carboxylic acids is 1. The van der Waals surface area contributed by atoms with E-state index in [2.05, 4.69) is 16.8 Å². The first-order chi connectivity index (χ1) is 10.8. The van der Waals surface area contributed by atoms with Crippen LogP contribution in [0.3, 0.4) is 0 Å². The molecule has 1 heterocycles. The Kier molecular flexibility index (Phi) is 3.71. The average molecular weight is 288 g/mol. The lowest BCUT2D eigenvalue weighted by Gasteiger charge is -2.09. The van der Waals surface area contributed by atoms with E-state index in [1.807, 2.05) is 30.3 Å². The van der Waals surface area contributed by atoms with Crippen molar-refractivity contribution in [2.24, 2.45) is 0 Å². The van der Waals surface area contributed by atoms with Crippen molar-refractivity contribution in [2.75, 3.05) is 0 Å². The molecule has 1 aromatic heterocycles. The SMILES string of the molecule is O=C(O)c1cccc(C#Cc2ccccc2)c1-n1ccnc1. The van der Waals surface area contributed by atoms with Crippen LogP contribution in [0.4, 0.5) is 0 Å². The van der Waals surface area contributed by atoms with E-state index in [-0.39, 0.29) is 5.56 Å². The highest BCUT2D eigenvalue weighted by Crippen LogP contribution is 2.19. The van der Waals surface area contributed by atoms with Gasteiger partial charge in [0.05, 0.1) is 17.6 Å². The fourth-order valence-corrected chi connectivity index (χ4v) is 2.15. The molecular weight excluding hydrogens is 276 g/mol. The Hall–Kier alpha value is -3.32.